The van der Waals surface area contributed by atoms with E-state index in [1.807, 2.05) is 13.0 Å². The topological polar surface area (TPSA) is 76.1 Å². The lowest BCUT2D eigenvalue weighted by Crippen LogP contribution is -2.67. The minimum atomic E-state index is -1.33. The standard InChI is InChI=1S/C28H39NO5/c1-6-7-10-29-14-19(5)33-24(15-29)34-27-13-21-18(4)8-9-22(21)26(16-30)12-20(27)11-23(17(2)3)28(26,27)25(31)32/h7,11,16-22,24H,1,8-10,12-15H2,2-5H3,(H,31,32)/t18-,19-,20+,21-,22-,24+,26+,27+,28+/m1/s1. The number of ether oxygens (including phenoxy) is 2. The number of nitrogens with zero attached hydrogens (tertiary/aromatic N) is 1. The Balaban J connectivity index is 1.62. The molecule has 34 heavy (non-hydrogen) atoms. The predicted octanol–water partition coefficient (Wildman–Crippen LogP) is 4.07. The van der Waals surface area contributed by atoms with E-state index in [-0.39, 0.29) is 23.9 Å². The summed E-state index contributed by atoms with van der Waals surface area (Å²) in [6, 6.07) is 0. The second-order valence-electron chi connectivity index (χ2n) is 11.8. The Labute approximate surface area is 203 Å². The van der Waals surface area contributed by atoms with Gasteiger partial charge in [0.25, 0.3) is 0 Å². The van der Waals surface area contributed by atoms with Crippen LogP contribution in [0.1, 0.15) is 53.4 Å². The van der Waals surface area contributed by atoms with Crippen LogP contribution in [0.5, 0.6) is 0 Å². The van der Waals surface area contributed by atoms with Gasteiger partial charge in [0.1, 0.15) is 11.7 Å². The third kappa shape index (κ3) is 2.86. The fourth-order valence-electron chi connectivity index (χ4n) is 8.95. The number of hydrogen-bond acceptors (Lipinski definition) is 5. The first-order valence-corrected chi connectivity index (χ1v) is 13.0. The van der Waals surface area contributed by atoms with Crippen molar-refractivity contribution < 1.29 is 24.2 Å². The fourth-order valence-corrected chi connectivity index (χ4v) is 8.95. The molecule has 4 aliphatic carbocycles. The molecule has 1 heterocycles. The van der Waals surface area contributed by atoms with Gasteiger partial charge in [0, 0.05) is 25.6 Å². The molecule has 0 unspecified atom stereocenters. The summed E-state index contributed by atoms with van der Waals surface area (Å²) < 4.78 is 13.3. The van der Waals surface area contributed by atoms with E-state index in [0.717, 1.165) is 31.2 Å². The lowest BCUT2D eigenvalue weighted by molar-refractivity contribution is -0.292. The maximum atomic E-state index is 13.5. The minimum absolute atomic E-state index is 0.0273. The van der Waals surface area contributed by atoms with Gasteiger partial charge in [-0.05, 0) is 55.9 Å². The number of aliphatic carboxylic acids is 1. The summed E-state index contributed by atoms with van der Waals surface area (Å²) in [5.41, 5.74) is 0.511. The number of carbonyl (C=O) groups excluding carboxylic acids is 1. The summed E-state index contributed by atoms with van der Waals surface area (Å²) in [4.78, 5) is 28.9. The van der Waals surface area contributed by atoms with Crippen LogP contribution in [-0.4, -0.2) is 59.9 Å². The average Bonchev–Trinajstić information content (AvgIpc) is 3.34. The molecule has 1 saturated heterocycles. The smallest absolute Gasteiger partial charge is 0.317 e. The van der Waals surface area contributed by atoms with Gasteiger partial charge in [-0.15, -0.1) is 5.73 Å². The van der Waals surface area contributed by atoms with Gasteiger partial charge in [-0.3, -0.25) is 9.69 Å². The lowest BCUT2D eigenvalue weighted by Gasteiger charge is -2.58. The van der Waals surface area contributed by atoms with Crippen LogP contribution >= 0.6 is 0 Å². The van der Waals surface area contributed by atoms with Crippen molar-refractivity contribution in [3.8, 4) is 0 Å². The highest BCUT2D eigenvalue weighted by Crippen LogP contribution is 2.80. The Hall–Kier alpha value is -1.72. The minimum Gasteiger partial charge on any atom is -0.480 e. The highest BCUT2D eigenvalue weighted by Gasteiger charge is 2.85. The van der Waals surface area contributed by atoms with Crippen LogP contribution in [0, 0.1) is 40.4 Å². The van der Waals surface area contributed by atoms with Crippen LogP contribution in [0.4, 0.5) is 0 Å². The summed E-state index contributed by atoms with van der Waals surface area (Å²) in [6.45, 7) is 14.1. The number of carboxylic acids is 1. The molecule has 6 nitrogen and oxygen atoms in total. The molecule has 5 aliphatic rings. The van der Waals surface area contributed by atoms with Gasteiger partial charge in [0.2, 0.25) is 0 Å². The van der Waals surface area contributed by atoms with Gasteiger partial charge in [-0.1, -0.05) is 45.4 Å². The van der Waals surface area contributed by atoms with Crippen molar-refractivity contribution in [3.63, 3.8) is 0 Å². The molecule has 9 atom stereocenters. The predicted molar refractivity (Wildman–Crippen MR) is 128 cm³/mol. The average molecular weight is 470 g/mol. The fraction of sp³-hybridized carbons (Fsp3) is 0.750. The highest BCUT2D eigenvalue weighted by atomic mass is 16.7. The van der Waals surface area contributed by atoms with Crippen molar-refractivity contribution in [1.82, 2.24) is 4.90 Å². The maximum absolute atomic E-state index is 13.5. The largest absolute Gasteiger partial charge is 0.480 e. The van der Waals surface area contributed by atoms with Crippen LogP contribution in [0.2, 0.25) is 0 Å². The third-order valence-corrected chi connectivity index (χ3v) is 9.98. The van der Waals surface area contributed by atoms with Crippen molar-refractivity contribution in [1.29, 1.82) is 0 Å². The van der Waals surface area contributed by atoms with E-state index in [4.69, 9.17) is 9.47 Å². The second kappa shape index (κ2) is 8.16. The van der Waals surface area contributed by atoms with Crippen molar-refractivity contribution in [2.24, 2.45) is 40.4 Å². The summed E-state index contributed by atoms with van der Waals surface area (Å²) in [5, 5.41) is 11.1. The molecule has 0 aromatic rings. The van der Waals surface area contributed by atoms with Crippen molar-refractivity contribution in [2.75, 3.05) is 19.6 Å². The number of aldehydes is 1. The molecule has 0 radical (unpaired) electrons. The van der Waals surface area contributed by atoms with E-state index in [1.54, 1.807) is 0 Å². The molecule has 0 amide bonds. The van der Waals surface area contributed by atoms with Crippen LogP contribution in [0.15, 0.2) is 30.0 Å². The summed E-state index contributed by atoms with van der Waals surface area (Å²) in [7, 11) is 0. The number of morpholine rings is 1. The van der Waals surface area contributed by atoms with Crippen molar-refractivity contribution in [2.45, 2.75) is 71.4 Å². The third-order valence-electron chi connectivity index (χ3n) is 9.98. The van der Waals surface area contributed by atoms with Gasteiger partial charge in [-0.2, -0.15) is 0 Å². The molecule has 0 aromatic heterocycles. The Morgan fingerprint density at radius 2 is 2.12 bits per heavy atom. The second-order valence-corrected chi connectivity index (χ2v) is 11.8. The highest BCUT2D eigenvalue weighted by molar-refractivity contribution is 5.91. The van der Waals surface area contributed by atoms with Crippen molar-refractivity contribution in [3.05, 3.63) is 30.0 Å². The summed E-state index contributed by atoms with van der Waals surface area (Å²) >= 11 is 0. The van der Waals surface area contributed by atoms with Gasteiger partial charge >= 0.3 is 5.97 Å². The molecule has 0 spiro atoms. The zero-order valence-corrected chi connectivity index (χ0v) is 21.0. The van der Waals surface area contributed by atoms with Crippen LogP contribution in [0.3, 0.4) is 0 Å². The van der Waals surface area contributed by atoms with E-state index in [0.29, 0.717) is 37.8 Å². The van der Waals surface area contributed by atoms with Crippen LogP contribution in [-0.2, 0) is 19.1 Å². The van der Waals surface area contributed by atoms with Gasteiger partial charge in [0.15, 0.2) is 6.29 Å². The number of rotatable bonds is 7. The van der Waals surface area contributed by atoms with Crippen LogP contribution < -0.4 is 0 Å². The number of carbonyl (C=O) groups is 2. The molecule has 0 aromatic carbocycles. The van der Waals surface area contributed by atoms with E-state index in [9.17, 15) is 14.7 Å². The van der Waals surface area contributed by atoms with E-state index < -0.39 is 28.7 Å². The first-order valence-electron chi connectivity index (χ1n) is 13.0. The van der Waals surface area contributed by atoms with E-state index in [2.05, 4.69) is 44.1 Å². The normalized spacial score (nSPS) is 47.3. The van der Waals surface area contributed by atoms with E-state index in [1.165, 1.54) is 0 Å². The Morgan fingerprint density at radius 3 is 2.76 bits per heavy atom. The molecule has 4 fully saturated rings. The first kappa shape index (κ1) is 24.0. The van der Waals surface area contributed by atoms with Gasteiger partial charge in [0.05, 0.1) is 17.1 Å². The Bertz CT molecular complexity index is 952. The molecular formula is C28H39NO5. The molecule has 1 aliphatic heterocycles. The van der Waals surface area contributed by atoms with Gasteiger partial charge in [-0.25, -0.2) is 0 Å². The molecular weight excluding hydrogens is 430 g/mol. The Morgan fingerprint density at radius 1 is 1.35 bits per heavy atom. The molecule has 6 heteroatoms. The first-order chi connectivity index (χ1) is 16.2. The van der Waals surface area contributed by atoms with Gasteiger partial charge < -0.3 is 19.4 Å². The zero-order valence-electron chi connectivity index (χ0n) is 21.0. The molecule has 186 valence electrons. The molecule has 4 bridgehead atoms. The molecule has 3 saturated carbocycles. The van der Waals surface area contributed by atoms with Crippen molar-refractivity contribution >= 4 is 12.3 Å². The zero-order chi connectivity index (χ0) is 24.5. The Kier molecular flexibility index (Phi) is 5.76. The van der Waals surface area contributed by atoms with Crippen LogP contribution in [0.25, 0.3) is 0 Å². The molecule has 5 rings (SSSR count). The molecule has 1 N–H and O–H groups in total. The number of hydrogen-bond donors (Lipinski definition) is 1. The SMILES string of the molecule is C=C=CCN1C[C@H](O[C@@]23C[C@@H]4[C@H](C)CC[C@H]4[C@@]4(C=O)C[C@@H]2C=C(C(C)C)[C@@]34C(=O)O)O[C@H](C)C1. The maximum Gasteiger partial charge on any atom is 0.317 e. The van der Waals surface area contributed by atoms with E-state index >= 15 is 0 Å². The lowest BCUT2D eigenvalue weighted by atomic mass is 9.45. The number of carboxylic acid groups (broad SMARTS) is 1. The number of fused-ring (bicyclic) bond motifs is 2. The monoisotopic (exact) mass is 469 g/mol. The summed E-state index contributed by atoms with van der Waals surface area (Å²) in [5.74, 6) is -0.110. The quantitative estimate of drug-likeness (QED) is 0.344. The summed E-state index contributed by atoms with van der Waals surface area (Å²) in [6.07, 6.45) is 7.73.